The number of nitriles is 1. The van der Waals surface area contributed by atoms with Gasteiger partial charge in [0.25, 0.3) is 0 Å². The van der Waals surface area contributed by atoms with Gasteiger partial charge in [0.15, 0.2) is 0 Å². The number of halogens is 2. The normalized spacial score (nSPS) is 16.4. The van der Waals surface area contributed by atoms with E-state index in [1.807, 2.05) is 43.4 Å². The van der Waals surface area contributed by atoms with Gasteiger partial charge >= 0.3 is 0 Å². The van der Waals surface area contributed by atoms with E-state index in [-0.39, 0.29) is 0 Å². The molecule has 1 aliphatic heterocycles. The minimum atomic E-state index is 0.560. The minimum Gasteiger partial charge on any atom is -0.339 e. The Labute approximate surface area is 229 Å². The van der Waals surface area contributed by atoms with Crippen molar-refractivity contribution in [2.75, 3.05) is 32.0 Å². The molecule has 2 aliphatic rings. The maximum Gasteiger partial charge on any atom is 0.133 e. The summed E-state index contributed by atoms with van der Waals surface area (Å²) in [6, 6.07) is 24.0. The largest absolute Gasteiger partial charge is 0.339 e. The zero-order valence-electron chi connectivity index (χ0n) is 21.0. The number of rotatable bonds is 6. The van der Waals surface area contributed by atoms with Crippen LogP contribution < -0.4 is 5.32 Å². The highest BCUT2D eigenvalue weighted by Gasteiger charge is 2.27. The molecule has 0 bridgehead atoms. The second-order valence-corrected chi connectivity index (χ2v) is 10.7. The molecule has 0 aromatic heterocycles. The highest BCUT2D eigenvalue weighted by molar-refractivity contribution is 6.38. The van der Waals surface area contributed by atoms with Gasteiger partial charge in [0.1, 0.15) is 5.84 Å². The number of anilines is 1. The third-order valence-corrected chi connectivity index (χ3v) is 7.72. The van der Waals surface area contributed by atoms with Gasteiger partial charge in [-0.2, -0.15) is 5.26 Å². The van der Waals surface area contributed by atoms with Crippen molar-refractivity contribution in [1.29, 1.82) is 5.26 Å². The van der Waals surface area contributed by atoms with E-state index in [9.17, 15) is 5.26 Å². The highest BCUT2D eigenvalue weighted by atomic mass is 35.5. The van der Waals surface area contributed by atoms with E-state index in [0.717, 1.165) is 65.6 Å². The van der Waals surface area contributed by atoms with Crippen molar-refractivity contribution >= 4 is 40.3 Å². The molecule has 3 aromatic carbocycles. The fourth-order valence-electron chi connectivity index (χ4n) is 4.98. The molecule has 4 nitrogen and oxygen atoms in total. The van der Waals surface area contributed by atoms with Crippen molar-refractivity contribution < 1.29 is 0 Å². The van der Waals surface area contributed by atoms with Gasteiger partial charge < -0.3 is 10.2 Å². The van der Waals surface area contributed by atoms with Crippen LogP contribution in [-0.4, -0.2) is 37.4 Å². The number of likely N-dealkylation sites (tertiary alicyclic amines) is 1. The Morgan fingerprint density at radius 2 is 1.76 bits per heavy atom. The van der Waals surface area contributed by atoms with E-state index < -0.39 is 0 Å². The van der Waals surface area contributed by atoms with Crippen LogP contribution in [0, 0.1) is 17.2 Å². The molecule has 0 atom stereocenters. The lowest BCUT2D eigenvalue weighted by atomic mass is 9.90. The van der Waals surface area contributed by atoms with Gasteiger partial charge in [-0.3, -0.25) is 4.99 Å². The minimum absolute atomic E-state index is 0.560. The van der Waals surface area contributed by atoms with E-state index in [0.29, 0.717) is 15.6 Å². The maximum absolute atomic E-state index is 9.29. The standard InChI is InChI=1S/C31H30Cl2N4/c1-35-31(36-29-12-11-27(32)18-28(29)33)30(25-13-15-37(16-14-25)20-21-5-6-21)24-9-7-23(8-10-24)26-4-2-3-22(17-26)19-34/h2-4,7-12,17-18,21H,5-6,13-16,20H2,1H3,(H,35,36). The van der Waals surface area contributed by atoms with Crippen LogP contribution in [0.4, 0.5) is 5.69 Å². The molecule has 0 unspecified atom stereocenters. The number of hydrogen-bond acceptors (Lipinski definition) is 3. The van der Waals surface area contributed by atoms with Crippen molar-refractivity contribution in [2.24, 2.45) is 10.9 Å². The second kappa shape index (κ2) is 11.5. The lowest BCUT2D eigenvalue weighted by molar-refractivity contribution is 0.247. The predicted molar refractivity (Wildman–Crippen MR) is 155 cm³/mol. The molecular formula is C31H30Cl2N4. The Hall–Kier alpha value is -3.10. The molecule has 37 heavy (non-hydrogen) atoms. The van der Waals surface area contributed by atoms with Crippen LogP contribution in [0.2, 0.25) is 10.0 Å². The van der Waals surface area contributed by atoms with Crippen LogP contribution in [-0.2, 0) is 0 Å². The molecule has 1 heterocycles. The van der Waals surface area contributed by atoms with Crippen LogP contribution in [0.3, 0.4) is 0 Å². The lowest BCUT2D eigenvalue weighted by Gasteiger charge is -2.30. The SMILES string of the molecule is CN=C(Nc1ccc(Cl)cc1Cl)C(=C1CCN(CC2CC2)CC1)c1ccc(-c2cccc(C#N)c2)cc1. The number of nitrogens with zero attached hydrogens (tertiary/aromatic N) is 3. The highest BCUT2D eigenvalue weighted by Crippen LogP contribution is 2.35. The number of amidine groups is 1. The van der Waals surface area contributed by atoms with E-state index in [2.05, 4.69) is 45.5 Å². The predicted octanol–water partition coefficient (Wildman–Crippen LogP) is 7.93. The summed E-state index contributed by atoms with van der Waals surface area (Å²) in [7, 11) is 1.82. The van der Waals surface area contributed by atoms with E-state index in [1.165, 1.54) is 25.0 Å². The van der Waals surface area contributed by atoms with E-state index in [4.69, 9.17) is 23.2 Å². The van der Waals surface area contributed by atoms with Crippen LogP contribution in [0.25, 0.3) is 16.7 Å². The number of hydrogen-bond donors (Lipinski definition) is 1. The third kappa shape index (κ3) is 6.25. The molecule has 5 rings (SSSR count). The van der Waals surface area contributed by atoms with Crippen LogP contribution in [0.1, 0.15) is 36.8 Å². The summed E-state index contributed by atoms with van der Waals surface area (Å²) in [5.41, 5.74) is 7.20. The average molecular weight is 530 g/mol. The molecule has 1 aliphatic carbocycles. The van der Waals surface area contributed by atoms with Gasteiger partial charge in [-0.1, -0.05) is 65.2 Å². The first kappa shape index (κ1) is 25.5. The number of piperidine rings is 1. The van der Waals surface area contributed by atoms with Crippen molar-refractivity contribution in [3.63, 3.8) is 0 Å². The van der Waals surface area contributed by atoms with Gasteiger partial charge in [-0.15, -0.1) is 0 Å². The molecule has 1 saturated heterocycles. The van der Waals surface area contributed by atoms with Gasteiger partial charge in [0.05, 0.1) is 22.3 Å². The lowest BCUT2D eigenvalue weighted by Crippen LogP contribution is -2.33. The maximum atomic E-state index is 9.29. The molecule has 2 fully saturated rings. The van der Waals surface area contributed by atoms with Gasteiger partial charge in [0, 0.05) is 37.3 Å². The molecule has 6 heteroatoms. The Bertz CT molecular complexity index is 1370. The smallest absolute Gasteiger partial charge is 0.133 e. The van der Waals surface area contributed by atoms with Crippen molar-refractivity contribution in [1.82, 2.24) is 4.90 Å². The zero-order valence-corrected chi connectivity index (χ0v) is 22.5. The molecule has 1 N–H and O–H groups in total. The van der Waals surface area contributed by atoms with Crippen molar-refractivity contribution in [2.45, 2.75) is 25.7 Å². The fourth-order valence-corrected chi connectivity index (χ4v) is 5.43. The molecule has 1 saturated carbocycles. The van der Waals surface area contributed by atoms with E-state index in [1.54, 1.807) is 6.07 Å². The van der Waals surface area contributed by atoms with Crippen LogP contribution in [0.15, 0.2) is 77.3 Å². The quantitative estimate of drug-likeness (QED) is 0.261. The average Bonchev–Trinajstić information content (AvgIpc) is 3.75. The summed E-state index contributed by atoms with van der Waals surface area (Å²) < 4.78 is 0. The Morgan fingerprint density at radius 1 is 1.00 bits per heavy atom. The van der Waals surface area contributed by atoms with Gasteiger partial charge in [0.2, 0.25) is 0 Å². The first-order valence-corrected chi connectivity index (χ1v) is 13.5. The molecular weight excluding hydrogens is 499 g/mol. The summed E-state index contributed by atoms with van der Waals surface area (Å²) in [6.07, 6.45) is 4.80. The number of benzene rings is 3. The molecule has 0 spiro atoms. The summed E-state index contributed by atoms with van der Waals surface area (Å²) in [6.45, 7) is 3.38. The van der Waals surface area contributed by atoms with Crippen LogP contribution >= 0.6 is 23.2 Å². The van der Waals surface area contributed by atoms with Crippen molar-refractivity contribution in [3.8, 4) is 17.2 Å². The first-order chi connectivity index (χ1) is 18.0. The van der Waals surface area contributed by atoms with Crippen LogP contribution in [0.5, 0.6) is 0 Å². The van der Waals surface area contributed by atoms with Gasteiger partial charge in [-0.05, 0) is 78.6 Å². The Kier molecular flexibility index (Phi) is 7.96. The van der Waals surface area contributed by atoms with E-state index >= 15 is 0 Å². The second-order valence-electron chi connectivity index (χ2n) is 9.81. The zero-order chi connectivity index (χ0) is 25.8. The third-order valence-electron chi connectivity index (χ3n) is 7.17. The number of nitrogens with one attached hydrogen (secondary N) is 1. The van der Waals surface area contributed by atoms with Crippen molar-refractivity contribution in [3.05, 3.63) is 93.5 Å². The molecule has 3 aromatic rings. The fraction of sp³-hybridized carbons (Fsp3) is 0.290. The molecule has 0 amide bonds. The molecule has 188 valence electrons. The topological polar surface area (TPSA) is 51.4 Å². The first-order valence-electron chi connectivity index (χ1n) is 12.8. The molecule has 0 radical (unpaired) electrons. The monoisotopic (exact) mass is 528 g/mol. The summed E-state index contributed by atoms with van der Waals surface area (Å²) >= 11 is 12.6. The Morgan fingerprint density at radius 3 is 2.41 bits per heavy atom. The summed E-state index contributed by atoms with van der Waals surface area (Å²) in [5.74, 6) is 1.70. The summed E-state index contributed by atoms with van der Waals surface area (Å²) in [5, 5.41) is 13.9. The number of aliphatic imine (C=N–C) groups is 1. The Balaban J connectivity index is 1.48. The summed E-state index contributed by atoms with van der Waals surface area (Å²) in [4.78, 5) is 7.29. The van der Waals surface area contributed by atoms with Gasteiger partial charge in [-0.25, -0.2) is 0 Å².